The van der Waals surface area contributed by atoms with Crippen molar-refractivity contribution in [3.63, 3.8) is 0 Å². The van der Waals surface area contributed by atoms with Gasteiger partial charge >= 0.3 is 5.63 Å². The molecule has 3 aromatic rings. The molecule has 0 bridgehead atoms. The number of anilines is 1. The molecule has 28 heavy (non-hydrogen) atoms. The van der Waals surface area contributed by atoms with Gasteiger partial charge in [-0.2, -0.15) is 0 Å². The summed E-state index contributed by atoms with van der Waals surface area (Å²) in [5.74, 6) is 0. The highest BCUT2D eigenvalue weighted by molar-refractivity contribution is 6.30. The van der Waals surface area contributed by atoms with E-state index < -0.39 is 0 Å². The maximum Gasteiger partial charge on any atom is 0.336 e. The van der Waals surface area contributed by atoms with E-state index in [4.69, 9.17) is 16.0 Å². The number of benzene rings is 2. The van der Waals surface area contributed by atoms with Crippen LogP contribution in [0.25, 0.3) is 11.0 Å². The molecule has 1 aromatic heterocycles. The molecule has 4 nitrogen and oxygen atoms in total. The van der Waals surface area contributed by atoms with E-state index in [-0.39, 0.29) is 5.63 Å². The van der Waals surface area contributed by atoms with Gasteiger partial charge in [-0.05, 0) is 55.2 Å². The van der Waals surface area contributed by atoms with E-state index in [0.29, 0.717) is 0 Å². The summed E-state index contributed by atoms with van der Waals surface area (Å²) < 4.78 is 5.51. The van der Waals surface area contributed by atoms with E-state index in [1.807, 2.05) is 26.0 Å². The Labute approximate surface area is 170 Å². The third kappa shape index (κ3) is 3.67. The Morgan fingerprint density at radius 1 is 0.964 bits per heavy atom. The fourth-order valence-electron chi connectivity index (χ4n) is 3.97. The third-order valence-corrected chi connectivity index (χ3v) is 6.03. The highest BCUT2D eigenvalue weighted by atomic mass is 35.5. The summed E-state index contributed by atoms with van der Waals surface area (Å²) in [7, 11) is 0. The molecule has 1 fully saturated rings. The van der Waals surface area contributed by atoms with E-state index in [1.165, 1.54) is 11.3 Å². The predicted molar refractivity (Wildman–Crippen MR) is 116 cm³/mol. The first-order valence-electron chi connectivity index (χ1n) is 9.69. The molecule has 5 heteroatoms. The van der Waals surface area contributed by atoms with Gasteiger partial charge < -0.3 is 9.32 Å². The summed E-state index contributed by atoms with van der Waals surface area (Å²) in [5, 5.41) is 1.81. The fraction of sp³-hybridized carbons (Fsp3) is 0.348. The van der Waals surface area contributed by atoms with Crippen LogP contribution in [0.15, 0.2) is 45.6 Å². The van der Waals surface area contributed by atoms with E-state index >= 15 is 0 Å². The second kappa shape index (κ2) is 7.61. The van der Waals surface area contributed by atoms with Crippen LogP contribution in [0, 0.1) is 20.8 Å². The molecule has 0 unspecified atom stereocenters. The zero-order valence-electron chi connectivity index (χ0n) is 16.6. The van der Waals surface area contributed by atoms with Crippen molar-refractivity contribution in [3.8, 4) is 0 Å². The lowest BCUT2D eigenvalue weighted by molar-refractivity contribution is 0.250. The van der Waals surface area contributed by atoms with Crippen LogP contribution >= 0.6 is 11.6 Å². The number of rotatable bonds is 3. The molecule has 0 saturated carbocycles. The summed E-state index contributed by atoms with van der Waals surface area (Å²) in [6.07, 6.45) is 0. The van der Waals surface area contributed by atoms with Crippen molar-refractivity contribution in [1.82, 2.24) is 4.90 Å². The quantitative estimate of drug-likeness (QED) is 0.601. The fourth-order valence-corrected chi connectivity index (χ4v) is 4.13. The molecule has 0 amide bonds. The molecule has 2 aromatic carbocycles. The molecule has 4 rings (SSSR count). The van der Waals surface area contributed by atoms with Crippen LogP contribution < -0.4 is 10.5 Å². The number of halogens is 1. The Hall–Kier alpha value is -2.30. The number of hydrogen-bond acceptors (Lipinski definition) is 4. The Morgan fingerprint density at radius 3 is 2.43 bits per heavy atom. The lowest BCUT2D eigenvalue weighted by Crippen LogP contribution is -2.46. The number of piperazine rings is 1. The Bertz CT molecular complexity index is 1080. The maximum absolute atomic E-state index is 12.1. The van der Waals surface area contributed by atoms with E-state index in [0.717, 1.165) is 65.4 Å². The van der Waals surface area contributed by atoms with Crippen LogP contribution in [0.4, 0.5) is 5.69 Å². The highest BCUT2D eigenvalue weighted by Crippen LogP contribution is 2.27. The van der Waals surface area contributed by atoms with Crippen molar-refractivity contribution >= 4 is 28.3 Å². The monoisotopic (exact) mass is 396 g/mol. The van der Waals surface area contributed by atoms with Gasteiger partial charge in [-0.25, -0.2) is 4.79 Å². The largest absolute Gasteiger partial charge is 0.422 e. The van der Waals surface area contributed by atoms with Crippen LogP contribution in [0.3, 0.4) is 0 Å². The molecule has 1 aliphatic heterocycles. The summed E-state index contributed by atoms with van der Waals surface area (Å²) >= 11 is 6.19. The Morgan fingerprint density at radius 2 is 1.68 bits per heavy atom. The minimum absolute atomic E-state index is 0.274. The molecular formula is C23H25ClN2O2. The number of nitrogens with zero attached hydrogens (tertiary/aromatic N) is 2. The van der Waals surface area contributed by atoms with Crippen molar-refractivity contribution in [2.45, 2.75) is 27.3 Å². The topological polar surface area (TPSA) is 36.7 Å². The second-order valence-corrected chi connectivity index (χ2v) is 8.11. The van der Waals surface area contributed by atoms with E-state index in [2.05, 4.69) is 34.9 Å². The molecule has 146 valence electrons. The SMILES string of the molecule is Cc1ccc(Cl)cc1N1CCN(Cc2cc(=O)oc3c(C)c(C)ccc23)CC1. The van der Waals surface area contributed by atoms with Crippen molar-refractivity contribution in [1.29, 1.82) is 0 Å². The van der Waals surface area contributed by atoms with Crippen molar-refractivity contribution < 1.29 is 4.42 Å². The van der Waals surface area contributed by atoms with Gasteiger partial charge in [0.25, 0.3) is 0 Å². The second-order valence-electron chi connectivity index (χ2n) is 7.67. The minimum atomic E-state index is -0.274. The van der Waals surface area contributed by atoms with Crippen LogP contribution in [0.1, 0.15) is 22.3 Å². The van der Waals surface area contributed by atoms with Crippen LogP contribution in [-0.4, -0.2) is 31.1 Å². The lowest BCUT2D eigenvalue weighted by Gasteiger charge is -2.37. The zero-order chi connectivity index (χ0) is 19.8. The van der Waals surface area contributed by atoms with Gasteiger partial charge in [-0.1, -0.05) is 29.8 Å². The minimum Gasteiger partial charge on any atom is -0.422 e. The van der Waals surface area contributed by atoms with Gasteiger partial charge in [0.05, 0.1) is 0 Å². The van der Waals surface area contributed by atoms with Gasteiger partial charge in [0.2, 0.25) is 0 Å². The third-order valence-electron chi connectivity index (χ3n) is 5.80. The molecule has 0 N–H and O–H groups in total. The number of fused-ring (bicyclic) bond motifs is 1. The summed E-state index contributed by atoms with van der Waals surface area (Å²) in [4.78, 5) is 16.9. The zero-order valence-corrected chi connectivity index (χ0v) is 17.3. The molecule has 1 saturated heterocycles. The van der Waals surface area contributed by atoms with Crippen LogP contribution in [-0.2, 0) is 6.54 Å². The normalized spacial score (nSPS) is 15.4. The molecule has 0 spiro atoms. The molecule has 2 heterocycles. The Balaban J connectivity index is 1.53. The van der Waals surface area contributed by atoms with Crippen molar-refractivity contribution in [2.75, 3.05) is 31.1 Å². The summed E-state index contributed by atoms with van der Waals surface area (Å²) in [5.41, 5.74) is 6.12. The first-order valence-corrected chi connectivity index (χ1v) is 10.1. The number of hydrogen-bond donors (Lipinski definition) is 0. The van der Waals surface area contributed by atoms with E-state index in [1.54, 1.807) is 6.07 Å². The highest BCUT2D eigenvalue weighted by Gasteiger charge is 2.20. The Kier molecular flexibility index (Phi) is 5.17. The number of aryl methyl sites for hydroxylation is 3. The van der Waals surface area contributed by atoms with Gasteiger partial charge in [-0.15, -0.1) is 0 Å². The van der Waals surface area contributed by atoms with E-state index in [9.17, 15) is 4.79 Å². The lowest BCUT2D eigenvalue weighted by atomic mass is 10.0. The molecule has 0 aliphatic carbocycles. The molecule has 1 aliphatic rings. The van der Waals surface area contributed by atoms with Gasteiger partial charge in [-0.3, -0.25) is 4.90 Å². The maximum atomic E-state index is 12.1. The molecule has 0 atom stereocenters. The first-order chi connectivity index (χ1) is 13.4. The van der Waals surface area contributed by atoms with Gasteiger partial charge in [0.1, 0.15) is 5.58 Å². The average molecular weight is 397 g/mol. The van der Waals surface area contributed by atoms with Gasteiger partial charge in [0, 0.05) is 54.9 Å². The molecular weight excluding hydrogens is 372 g/mol. The summed E-state index contributed by atoms with van der Waals surface area (Å²) in [6.45, 7) is 10.7. The first kappa shape index (κ1) is 19.0. The van der Waals surface area contributed by atoms with Crippen molar-refractivity contribution in [3.05, 3.63) is 74.1 Å². The molecule has 0 radical (unpaired) electrons. The smallest absolute Gasteiger partial charge is 0.336 e. The predicted octanol–water partition coefficient (Wildman–Crippen LogP) is 4.69. The van der Waals surface area contributed by atoms with Crippen molar-refractivity contribution in [2.24, 2.45) is 0 Å². The summed E-state index contributed by atoms with van der Waals surface area (Å²) in [6, 6.07) is 11.9. The van der Waals surface area contributed by atoms with Crippen LogP contribution in [0.5, 0.6) is 0 Å². The average Bonchev–Trinajstić information content (AvgIpc) is 2.68. The standard InChI is InChI=1S/C23H25ClN2O2/c1-15-5-7-20-18(12-22(27)28-23(20)17(15)3)14-25-8-10-26(11-9-25)21-13-19(24)6-4-16(21)2/h4-7,12-13H,8-11,14H2,1-3H3. The van der Waals surface area contributed by atoms with Gasteiger partial charge in [0.15, 0.2) is 0 Å². The van der Waals surface area contributed by atoms with Crippen LogP contribution in [0.2, 0.25) is 5.02 Å².